The number of hydrogen-bond acceptors (Lipinski definition) is 2. The van der Waals surface area contributed by atoms with Gasteiger partial charge in [-0.15, -0.1) is 0 Å². The Bertz CT molecular complexity index is 305. The van der Waals surface area contributed by atoms with Crippen molar-refractivity contribution in [2.24, 2.45) is 5.92 Å². The van der Waals surface area contributed by atoms with Gasteiger partial charge >= 0.3 is 0 Å². The Morgan fingerprint density at radius 1 is 1.15 bits per heavy atom. The molecule has 3 rings (SSSR count). The number of nitrogens with zero attached hydrogens (tertiary/aromatic N) is 1. The maximum Gasteiger partial charge on any atom is 0.0309 e. The molecule has 3 aliphatic rings. The lowest BCUT2D eigenvalue weighted by Gasteiger charge is -2.52. The largest absolute Gasteiger partial charge is 0.308 e. The molecule has 0 radical (unpaired) electrons. The Labute approximate surface area is 125 Å². The lowest BCUT2D eigenvalue weighted by Crippen LogP contribution is -2.66. The highest BCUT2D eigenvalue weighted by molar-refractivity contribution is 5.01. The average Bonchev–Trinajstić information content (AvgIpc) is 3.30. The standard InChI is InChI=1S/C18H34N2/c1-3-16(12-15-8-9-15)20-14-18(10-6-5-7-11-18)19-13-17(20)4-2/h15-17,19H,3-14H2,1-2H3. The molecule has 0 aromatic heterocycles. The second kappa shape index (κ2) is 6.36. The topological polar surface area (TPSA) is 15.3 Å². The molecule has 2 aliphatic carbocycles. The number of piperazine rings is 1. The van der Waals surface area contributed by atoms with Gasteiger partial charge in [0.05, 0.1) is 0 Å². The first kappa shape index (κ1) is 14.8. The van der Waals surface area contributed by atoms with Crippen LogP contribution in [0.5, 0.6) is 0 Å². The summed E-state index contributed by atoms with van der Waals surface area (Å²) in [5.74, 6) is 1.06. The molecule has 0 amide bonds. The maximum absolute atomic E-state index is 3.97. The molecule has 1 aliphatic heterocycles. The molecule has 3 fully saturated rings. The third kappa shape index (κ3) is 3.22. The minimum Gasteiger partial charge on any atom is -0.308 e. The van der Waals surface area contributed by atoms with Gasteiger partial charge in [0.2, 0.25) is 0 Å². The summed E-state index contributed by atoms with van der Waals surface area (Å²) in [4.78, 5) is 2.93. The van der Waals surface area contributed by atoms with E-state index in [0.29, 0.717) is 5.54 Å². The smallest absolute Gasteiger partial charge is 0.0309 e. The van der Waals surface area contributed by atoms with Gasteiger partial charge in [-0.2, -0.15) is 0 Å². The van der Waals surface area contributed by atoms with Crippen LogP contribution in [0.3, 0.4) is 0 Å². The fourth-order valence-electron chi connectivity index (χ4n) is 4.63. The van der Waals surface area contributed by atoms with Gasteiger partial charge in [0.25, 0.3) is 0 Å². The van der Waals surface area contributed by atoms with Crippen LogP contribution < -0.4 is 5.32 Å². The second-order valence-corrected chi connectivity index (χ2v) is 7.70. The van der Waals surface area contributed by atoms with Crippen LogP contribution in [-0.4, -0.2) is 35.6 Å². The average molecular weight is 278 g/mol. The Morgan fingerprint density at radius 3 is 2.50 bits per heavy atom. The Kier molecular flexibility index (Phi) is 4.72. The Hall–Kier alpha value is -0.0800. The predicted octanol–water partition coefficient (Wildman–Crippen LogP) is 3.95. The van der Waals surface area contributed by atoms with E-state index in [-0.39, 0.29) is 0 Å². The zero-order valence-electron chi connectivity index (χ0n) is 13.7. The first-order valence-electron chi connectivity index (χ1n) is 9.27. The van der Waals surface area contributed by atoms with E-state index in [0.717, 1.165) is 18.0 Å². The van der Waals surface area contributed by atoms with Crippen LogP contribution in [0.15, 0.2) is 0 Å². The first-order valence-corrected chi connectivity index (χ1v) is 9.27. The molecule has 2 saturated carbocycles. The third-order valence-corrected chi connectivity index (χ3v) is 6.19. The summed E-state index contributed by atoms with van der Waals surface area (Å²) >= 11 is 0. The van der Waals surface area contributed by atoms with Crippen molar-refractivity contribution in [1.29, 1.82) is 0 Å². The molecule has 2 heteroatoms. The van der Waals surface area contributed by atoms with Gasteiger partial charge in [0.1, 0.15) is 0 Å². The normalized spacial score (nSPS) is 32.4. The van der Waals surface area contributed by atoms with Gasteiger partial charge in [-0.3, -0.25) is 4.90 Å². The number of hydrogen-bond donors (Lipinski definition) is 1. The monoisotopic (exact) mass is 278 g/mol. The third-order valence-electron chi connectivity index (χ3n) is 6.19. The van der Waals surface area contributed by atoms with Crippen LogP contribution in [0.1, 0.15) is 78.1 Å². The lowest BCUT2D eigenvalue weighted by molar-refractivity contribution is 0.0167. The SMILES string of the molecule is CCC1CNC2(CCCCC2)CN1C(CC)CC1CC1. The molecule has 2 atom stereocenters. The van der Waals surface area contributed by atoms with Gasteiger partial charge in [0.15, 0.2) is 0 Å². The molecule has 2 nitrogen and oxygen atoms in total. The van der Waals surface area contributed by atoms with Crippen LogP contribution in [0.25, 0.3) is 0 Å². The van der Waals surface area contributed by atoms with Crippen molar-refractivity contribution in [2.75, 3.05) is 13.1 Å². The molecule has 1 heterocycles. The van der Waals surface area contributed by atoms with Crippen molar-refractivity contribution in [2.45, 2.75) is 95.7 Å². The van der Waals surface area contributed by atoms with Gasteiger partial charge in [0, 0.05) is 30.7 Å². The highest BCUT2D eigenvalue weighted by Gasteiger charge is 2.42. The van der Waals surface area contributed by atoms with Crippen molar-refractivity contribution in [3.8, 4) is 0 Å². The molecular weight excluding hydrogens is 244 g/mol. The van der Waals surface area contributed by atoms with Crippen LogP contribution >= 0.6 is 0 Å². The molecular formula is C18H34N2. The van der Waals surface area contributed by atoms with Gasteiger partial charge in [-0.05, 0) is 38.0 Å². The molecule has 2 unspecified atom stereocenters. The molecule has 0 aromatic carbocycles. The molecule has 1 saturated heterocycles. The minimum absolute atomic E-state index is 0.473. The van der Waals surface area contributed by atoms with Gasteiger partial charge in [-0.25, -0.2) is 0 Å². The summed E-state index contributed by atoms with van der Waals surface area (Å²) in [6, 6.07) is 1.64. The molecule has 20 heavy (non-hydrogen) atoms. The van der Waals surface area contributed by atoms with Crippen LogP contribution in [-0.2, 0) is 0 Å². The Balaban J connectivity index is 1.69. The summed E-state index contributed by atoms with van der Waals surface area (Å²) in [6.07, 6.45) is 14.3. The van der Waals surface area contributed by atoms with Crippen molar-refractivity contribution >= 4 is 0 Å². The highest BCUT2D eigenvalue weighted by Crippen LogP contribution is 2.38. The van der Waals surface area contributed by atoms with Crippen LogP contribution in [0, 0.1) is 5.92 Å². The summed E-state index contributed by atoms with van der Waals surface area (Å²) < 4.78 is 0. The van der Waals surface area contributed by atoms with E-state index in [4.69, 9.17) is 0 Å². The predicted molar refractivity (Wildman–Crippen MR) is 86.0 cm³/mol. The van der Waals surface area contributed by atoms with Crippen LogP contribution in [0.2, 0.25) is 0 Å². The van der Waals surface area contributed by atoms with E-state index in [2.05, 4.69) is 24.1 Å². The molecule has 1 spiro atoms. The van der Waals surface area contributed by atoms with E-state index in [1.807, 2.05) is 0 Å². The van der Waals surface area contributed by atoms with E-state index >= 15 is 0 Å². The fraction of sp³-hybridized carbons (Fsp3) is 1.00. The second-order valence-electron chi connectivity index (χ2n) is 7.70. The van der Waals surface area contributed by atoms with Crippen molar-refractivity contribution in [1.82, 2.24) is 10.2 Å². The van der Waals surface area contributed by atoms with Crippen molar-refractivity contribution in [3.05, 3.63) is 0 Å². The summed E-state index contributed by atoms with van der Waals surface area (Å²) in [6.45, 7) is 7.35. The van der Waals surface area contributed by atoms with Crippen LogP contribution in [0.4, 0.5) is 0 Å². The zero-order chi connectivity index (χ0) is 14.0. The summed E-state index contributed by atoms with van der Waals surface area (Å²) in [7, 11) is 0. The van der Waals surface area contributed by atoms with E-state index in [1.54, 1.807) is 0 Å². The Morgan fingerprint density at radius 2 is 1.90 bits per heavy atom. The van der Waals surface area contributed by atoms with Crippen molar-refractivity contribution in [3.63, 3.8) is 0 Å². The van der Waals surface area contributed by atoms with Gasteiger partial charge < -0.3 is 5.32 Å². The zero-order valence-corrected chi connectivity index (χ0v) is 13.7. The van der Waals surface area contributed by atoms with E-state index in [9.17, 15) is 0 Å². The minimum atomic E-state index is 0.473. The van der Waals surface area contributed by atoms with E-state index in [1.165, 1.54) is 77.3 Å². The number of nitrogens with one attached hydrogen (secondary N) is 1. The summed E-state index contributed by atoms with van der Waals surface area (Å²) in [5.41, 5.74) is 0.473. The molecule has 0 aromatic rings. The first-order chi connectivity index (χ1) is 9.76. The fourth-order valence-corrected chi connectivity index (χ4v) is 4.63. The van der Waals surface area contributed by atoms with Crippen molar-refractivity contribution < 1.29 is 0 Å². The maximum atomic E-state index is 3.97. The summed E-state index contributed by atoms with van der Waals surface area (Å²) in [5, 5.41) is 3.97. The van der Waals surface area contributed by atoms with Gasteiger partial charge in [-0.1, -0.05) is 46.0 Å². The number of rotatable bonds is 5. The van der Waals surface area contributed by atoms with E-state index < -0.39 is 0 Å². The molecule has 116 valence electrons. The quantitative estimate of drug-likeness (QED) is 0.819. The molecule has 0 bridgehead atoms. The molecule has 1 N–H and O–H groups in total. The highest BCUT2D eigenvalue weighted by atomic mass is 15.3. The lowest BCUT2D eigenvalue weighted by atomic mass is 9.78.